The Morgan fingerprint density at radius 3 is 2.40 bits per heavy atom. The molecule has 0 aliphatic rings. The third-order valence-electron chi connectivity index (χ3n) is 0.555. The first-order valence-corrected chi connectivity index (χ1v) is 1.99. The number of rotatable bonds is 2. The summed E-state index contributed by atoms with van der Waals surface area (Å²) >= 11 is 0. The first kappa shape index (κ1) is 11.7. The van der Waals surface area contributed by atoms with Crippen LogP contribution in [0, 0.1) is 0 Å². The maximum atomic E-state index is 9.91. The summed E-state index contributed by atoms with van der Waals surface area (Å²) in [5.41, 5.74) is 0. The van der Waals surface area contributed by atoms with Gasteiger partial charge in [-0.25, -0.2) is 9.59 Å². The smallest absolute Gasteiger partial charge is 0.436 e. The van der Waals surface area contributed by atoms with Crippen LogP contribution in [0.2, 0.25) is 0 Å². The van der Waals surface area contributed by atoms with Crippen molar-refractivity contribution < 1.29 is 19.5 Å². The second-order valence-electron chi connectivity index (χ2n) is 1.04. The zero-order valence-corrected chi connectivity index (χ0v) is 5.92. The molecule has 6 heteroatoms. The van der Waals surface area contributed by atoms with Crippen LogP contribution in [-0.4, -0.2) is 29.3 Å². The highest BCUT2D eigenvalue weighted by atomic mass is 35.5. The molecule has 58 valence electrons. The Morgan fingerprint density at radius 1 is 1.80 bits per heavy atom. The lowest BCUT2D eigenvalue weighted by atomic mass is 10.9. The van der Waals surface area contributed by atoms with Gasteiger partial charge in [0.1, 0.15) is 12.1 Å². The molecular formula is C4H6ClNO4. The zero-order chi connectivity index (χ0) is 7.28. The molecule has 0 fully saturated rings. The molecule has 0 rings (SSSR count). The van der Waals surface area contributed by atoms with Crippen molar-refractivity contribution in [1.29, 1.82) is 0 Å². The average molecular weight is 168 g/mol. The fourth-order valence-corrected chi connectivity index (χ4v) is 0.234. The summed E-state index contributed by atoms with van der Waals surface area (Å²) in [6.45, 7) is 0. The number of hydroxylamine groups is 2. The second kappa shape index (κ2) is 6.10. The van der Waals surface area contributed by atoms with Gasteiger partial charge in [0.2, 0.25) is 0 Å². The lowest BCUT2D eigenvalue weighted by Crippen LogP contribution is -2.22. The van der Waals surface area contributed by atoms with E-state index in [1.165, 1.54) is 5.94 Å². The average Bonchev–Trinajstić information content (AvgIpc) is 1.82. The third-order valence-corrected chi connectivity index (χ3v) is 0.555. The van der Waals surface area contributed by atoms with Crippen LogP contribution in [0.25, 0.3) is 0 Å². The summed E-state index contributed by atoms with van der Waals surface area (Å²) in [6.07, 6.45) is -0.733. The number of carboxylic acid groups (broad SMARTS) is 1. The number of amides is 1. The highest BCUT2D eigenvalue weighted by molar-refractivity contribution is 5.85. The van der Waals surface area contributed by atoms with Gasteiger partial charge in [0, 0.05) is 0 Å². The summed E-state index contributed by atoms with van der Waals surface area (Å²) in [4.78, 5) is 23.6. The van der Waals surface area contributed by atoms with E-state index in [0.717, 1.165) is 7.11 Å². The number of hydrogen-bond donors (Lipinski definition) is 1. The van der Waals surface area contributed by atoms with Crippen molar-refractivity contribution in [1.82, 2.24) is 5.06 Å². The molecule has 0 saturated carbocycles. The highest BCUT2D eigenvalue weighted by Gasteiger charge is 2.04. The summed E-state index contributed by atoms with van der Waals surface area (Å²) in [5.74, 6) is 1.25. The Hall–Kier alpha value is -1.03. The predicted molar refractivity (Wildman–Crippen MR) is 34.4 cm³/mol. The van der Waals surface area contributed by atoms with E-state index in [0.29, 0.717) is 11.3 Å². The number of carbonyl (C=O) groups is 1. The quantitative estimate of drug-likeness (QED) is 0.474. The van der Waals surface area contributed by atoms with Gasteiger partial charge < -0.3 is 5.11 Å². The van der Waals surface area contributed by atoms with Crippen LogP contribution in [0.15, 0.2) is 6.20 Å². The Balaban J connectivity index is 0. The van der Waals surface area contributed by atoms with E-state index in [4.69, 9.17) is 5.11 Å². The van der Waals surface area contributed by atoms with Crippen LogP contribution in [0.4, 0.5) is 4.79 Å². The number of halogens is 1. The van der Waals surface area contributed by atoms with E-state index in [2.05, 4.69) is 4.84 Å². The lowest BCUT2D eigenvalue weighted by molar-refractivity contribution is -0.0625. The molecule has 0 spiro atoms. The summed E-state index contributed by atoms with van der Waals surface area (Å²) in [6, 6.07) is 0. The Morgan fingerprint density at radius 2 is 2.30 bits per heavy atom. The summed E-state index contributed by atoms with van der Waals surface area (Å²) < 4.78 is 0. The Kier molecular flexibility index (Phi) is 7.15. The zero-order valence-electron chi connectivity index (χ0n) is 5.10. The van der Waals surface area contributed by atoms with E-state index in [1.807, 2.05) is 0 Å². The molecule has 0 aliphatic carbocycles. The molecule has 0 aliphatic heterocycles. The van der Waals surface area contributed by atoms with Gasteiger partial charge in [-0.2, -0.15) is 0 Å². The highest BCUT2D eigenvalue weighted by Crippen LogP contribution is 1.85. The van der Waals surface area contributed by atoms with Crippen LogP contribution in [0.1, 0.15) is 0 Å². The normalized spacial score (nSPS) is 6.90. The molecule has 0 bridgehead atoms. The van der Waals surface area contributed by atoms with E-state index in [1.54, 1.807) is 0 Å². The van der Waals surface area contributed by atoms with Gasteiger partial charge in [0.05, 0.1) is 7.11 Å². The van der Waals surface area contributed by atoms with Crippen molar-refractivity contribution in [2.24, 2.45) is 0 Å². The molecule has 0 saturated heterocycles. The molecule has 0 aromatic carbocycles. The van der Waals surface area contributed by atoms with Crippen molar-refractivity contribution >= 4 is 24.4 Å². The van der Waals surface area contributed by atoms with Gasteiger partial charge in [-0.15, -0.1) is 17.5 Å². The molecule has 10 heavy (non-hydrogen) atoms. The largest absolute Gasteiger partial charge is 0.463 e. The maximum absolute atomic E-state index is 9.91. The van der Waals surface area contributed by atoms with Crippen molar-refractivity contribution in [2.75, 3.05) is 7.11 Å². The van der Waals surface area contributed by atoms with Gasteiger partial charge in [0.25, 0.3) is 0 Å². The third kappa shape index (κ3) is 3.91. The van der Waals surface area contributed by atoms with E-state index < -0.39 is 6.09 Å². The molecule has 0 atom stereocenters. The molecule has 0 radical (unpaired) electrons. The molecule has 0 heterocycles. The van der Waals surface area contributed by atoms with Gasteiger partial charge in [-0.3, -0.25) is 4.84 Å². The molecule has 0 aromatic heterocycles. The van der Waals surface area contributed by atoms with E-state index in [-0.39, 0.29) is 12.4 Å². The second-order valence-corrected chi connectivity index (χ2v) is 1.04. The van der Waals surface area contributed by atoms with Crippen LogP contribution in [0.3, 0.4) is 0 Å². The fraction of sp³-hybridized carbons (Fsp3) is 0.250. The Labute approximate surface area is 63.2 Å². The maximum Gasteiger partial charge on any atom is 0.436 e. The van der Waals surface area contributed by atoms with Crippen LogP contribution < -0.4 is 0 Å². The predicted octanol–water partition coefficient (Wildman–Crippen LogP) is 0.295. The van der Waals surface area contributed by atoms with Crippen molar-refractivity contribution in [2.45, 2.75) is 0 Å². The van der Waals surface area contributed by atoms with Crippen molar-refractivity contribution in [3.8, 4) is 0 Å². The SMILES string of the molecule is CON(C=C=O)C(=O)O.Cl. The van der Waals surface area contributed by atoms with Gasteiger partial charge >= 0.3 is 6.09 Å². The van der Waals surface area contributed by atoms with Gasteiger partial charge in [-0.1, -0.05) is 0 Å². The molecule has 5 nitrogen and oxygen atoms in total. The fourth-order valence-electron chi connectivity index (χ4n) is 0.234. The molecule has 1 amide bonds. The number of carbonyl (C=O) groups excluding carboxylic acids is 1. The first-order chi connectivity index (χ1) is 4.22. The first-order valence-electron chi connectivity index (χ1n) is 1.99. The minimum Gasteiger partial charge on any atom is -0.463 e. The van der Waals surface area contributed by atoms with Crippen LogP contribution in [-0.2, 0) is 9.63 Å². The van der Waals surface area contributed by atoms with Gasteiger partial charge in [-0.05, 0) is 0 Å². The van der Waals surface area contributed by atoms with E-state index in [9.17, 15) is 9.59 Å². The lowest BCUT2D eigenvalue weighted by Gasteiger charge is -2.06. The minimum absolute atomic E-state index is 0. The molecule has 1 N–H and O–H groups in total. The molecule has 0 aromatic rings. The standard InChI is InChI=1S/C4H5NO4.ClH/c1-9-5(2-3-6)4(7)8;/h2H,1H3,(H,7,8);1H. The van der Waals surface area contributed by atoms with Crippen LogP contribution in [0.5, 0.6) is 0 Å². The molecular weight excluding hydrogens is 161 g/mol. The molecule has 0 unspecified atom stereocenters. The van der Waals surface area contributed by atoms with Crippen LogP contribution >= 0.6 is 12.4 Å². The van der Waals surface area contributed by atoms with Crippen molar-refractivity contribution in [3.05, 3.63) is 6.20 Å². The number of nitrogens with zero attached hydrogens (tertiary/aromatic N) is 1. The topological polar surface area (TPSA) is 66.8 Å². The van der Waals surface area contributed by atoms with E-state index >= 15 is 0 Å². The Bertz CT molecular complexity index is 151. The summed E-state index contributed by atoms with van der Waals surface area (Å²) in [7, 11) is 1.13. The van der Waals surface area contributed by atoms with Gasteiger partial charge in [0.15, 0.2) is 0 Å². The monoisotopic (exact) mass is 167 g/mol. The summed E-state index contributed by atoms with van der Waals surface area (Å²) in [5, 5.41) is 8.44. The minimum atomic E-state index is -1.36. The number of hydrogen-bond acceptors (Lipinski definition) is 3. The van der Waals surface area contributed by atoms with Crippen molar-refractivity contribution in [3.63, 3.8) is 0 Å².